The molecule has 2 atom stereocenters. The van der Waals surface area contributed by atoms with Crippen molar-refractivity contribution in [1.82, 2.24) is 10.2 Å². The molecule has 4 heteroatoms. The molecular weight excluding hydrogens is 278 g/mol. The summed E-state index contributed by atoms with van der Waals surface area (Å²) in [5, 5.41) is 10.9. The average Bonchev–Trinajstić information content (AvgIpc) is 2.96. The third kappa shape index (κ3) is 3.01. The van der Waals surface area contributed by atoms with Crippen LogP contribution in [0.5, 0.6) is 0 Å². The predicted octanol–water partition coefficient (Wildman–Crippen LogP) is 4.27. The first-order valence-corrected chi connectivity index (χ1v) is 8.53. The molecule has 0 radical (unpaired) electrons. The first kappa shape index (κ1) is 14.7. The van der Waals surface area contributed by atoms with E-state index in [9.17, 15) is 0 Å². The van der Waals surface area contributed by atoms with Crippen molar-refractivity contribution in [3.05, 3.63) is 45.9 Å². The largest absolute Gasteiger partial charge is 0.318 e. The van der Waals surface area contributed by atoms with Gasteiger partial charge in [-0.2, -0.15) is 0 Å². The molecule has 112 valence electrons. The summed E-state index contributed by atoms with van der Waals surface area (Å²) in [4.78, 5) is 0. The number of rotatable bonds is 3. The van der Waals surface area contributed by atoms with Crippen LogP contribution in [0, 0.1) is 5.41 Å². The normalized spacial score (nSPS) is 22.9. The molecule has 0 aliphatic heterocycles. The van der Waals surface area contributed by atoms with Gasteiger partial charge in [0.2, 0.25) is 0 Å². The molecule has 1 aliphatic rings. The van der Waals surface area contributed by atoms with Crippen LogP contribution < -0.4 is 5.73 Å². The first-order valence-electron chi connectivity index (χ1n) is 7.72. The van der Waals surface area contributed by atoms with Gasteiger partial charge >= 0.3 is 0 Å². The van der Waals surface area contributed by atoms with Gasteiger partial charge in [0.1, 0.15) is 10.0 Å². The summed E-state index contributed by atoms with van der Waals surface area (Å²) in [6.45, 7) is 4.71. The minimum atomic E-state index is -0.163. The Bertz CT molecular complexity index is 591. The van der Waals surface area contributed by atoms with Crippen LogP contribution in [0.1, 0.15) is 67.1 Å². The fraction of sp³-hybridized carbons (Fsp3) is 0.529. The SMILES string of the molecule is CC1(C)CCCCC1c1nnc(C(N)c2ccccc2)s1. The summed E-state index contributed by atoms with van der Waals surface area (Å²) in [7, 11) is 0. The quantitative estimate of drug-likeness (QED) is 0.921. The minimum Gasteiger partial charge on any atom is -0.318 e. The molecule has 0 saturated heterocycles. The second kappa shape index (κ2) is 5.85. The van der Waals surface area contributed by atoms with Crippen molar-refractivity contribution in [3.8, 4) is 0 Å². The molecule has 2 unspecified atom stereocenters. The first-order chi connectivity index (χ1) is 10.1. The van der Waals surface area contributed by atoms with Crippen molar-refractivity contribution < 1.29 is 0 Å². The molecular formula is C17H23N3S. The van der Waals surface area contributed by atoms with Crippen molar-refractivity contribution in [2.24, 2.45) is 11.1 Å². The monoisotopic (exact) mass is 301 g/mol. The van der Waals surface area contributed by atoms with Crippen LogP contribution in [-0.4, -0.2) is 10.2 Å². The lowest BCUT2D eigenvalue weighted by Gasteiger charge is -2.37. The molecule has 0 spiro atoms. The second-order valence-corrected chi connectivity index (χ2v) is 7.69. The summed E-state index contributed by atoms with van der Waals surface area (Å²) in [5.74, 6) is 0.528. The van der Waals surface area contributed by atoms with E-state index in [1.54, 1.807) is 11.3 Å². The fourth-order valence-corrected chi connectivity index (χ4v) is 4.49. The van der Waals surface area contributed by atoms with Crippen LogP contribution in [0.2, 0.25) is 0 Å². The summed E-state index contributed by atoms with van der Waals surface area (Å²) in [6.07, 6.45) is 5.13. The van der Waals surface area contributed by atoms with E-state index in [1.165, 1.54) is 30.7 Å². The van der Waals surface area contributed by atoms with Crippen molar-refractivity contribution in [2.45, 2.75) is 51.5 Å². The number of hydrogen-bond acceptors (Lipinski definition) is 4. The van der Waals surface area contributed by atoms with E-state index >= 15 is 0 Å². The molecule has 21 heavy (non-hydrogen) atoms. The Hall–Kier alpha value is -1.26. The van der Waals surface area contributed by atoms with Crippen molar-refractivity contribution in [1.29, 1.82) is 0 Å². The zero-order valence-electron chi connectivity index (χ0n) is 12.7. The molecule has 2 N–H and O–H groups in total. The van der Waals surface area contributed by atoms with Gasteiger partial charge in [-0.3, -0.25) is 0 Å². The zero-order chi connectivity index (χ0) is 14.9. The van der Waals surface area contributed by atoms with Gasteiger partial charge in [-0.1, -0.05) is 68.4 Å². The number of nitrogens with zero attached hydrogens (tertiary/aromatic N) is 2. The summed E-state index contributed by atoms with van der Waals surface area (Å²) in [6, 6.07) is 9.98. The lowest BCUT2D eigenvalue weighted by Crippen LogP contribution is -2.25. The lowest BCUT2D eigenvalue weighted by atomic mass is 9.69. The maximum Gasteiger partial charge on any atom is 0.138 e. The Kier molecular flexibility index (Phi) is 4.09. The highest BCUT2D eigenvalue weighted by Crippen LogP contribution is 2.47. The molecule has 2 aromatic rings. The van der Waals surface area contributed by atoms with Crippen LogP contribution in [0.3, 0.4) is 0 Å². The smallest absolute Gasteiger partial charge is 0.138 e. The Morgan fingerprint density at radius 3 is 2.67 bits per heavy atom. The standard InChI is InChI=1S/C17H23N3S/c1-17(2)11-7-6-10-13(17)15-19-20-16(21-15)14(18)12-8-4-3-5-9-12/h3-5,8-9,13-14H,6-7,10-11,18H2,1-2H3. The molecule has 1 aliphatic carbocycles. The van der Waals surface area contributed by atoms with Crippen LogP contribution in [0.25, 0.3) is 0 Å². The second-order valence-electron chi connectivity index (χ2n) is 6.65. The maximum atomic E-state index is 6.33. The van der Waals surface area contributed by atoms with Gasteiger partial charge in [0.05, 0.1) is 6.04 Å². The van der Waals surface area contributed by atoms with Crippen molar-refractivity contribution >= 4 is 11.3 Å². The molecule has 1 aromatic carbocycles. The van der Waals surface area contributed by atoms with Crippen LogP contribution >= 0.6 is 11.3 Å². The number of benzene rings is 1. The summed E-state index contributed by atoms with van der Waals surface area (Å²) >= 11 is 1.70. The van der Waals surface area contributed by atoms with Gasteiger partial charge in [-0.25, -0.2) is 0 Å². The summed E-state index contributed by atoms with van der Waals surface area (Å²) < 4.78 is 0. The lowest BCUT2D eigenvalue weighted by molar-refractivity contribution is 0.198. The predicted molar refractivity (Wildman–Crippen MR) is 87.4 cm³/mol. The van der Waals surface area contributed by atoms with Crippen LogP contribution in [0.15, 0.2) is 30.3 Å². The van der Waals surface area contributed by atoms with E-state index in [2.05, 4.69) is 36.2 Å². The Balaban J connectivity index is 1.83. The molecule has 0 bridgehead atoms. The van der Waals surface area contributed by atoms with Gasteiger partial charge in [-0.15, -0.1) is 10.2 Å². The van der Waals surface area contributed by atoms with Crippen molar-refractivity contribution in [3.63, 3.8) is 0 Å². The molecule has 1 saturated carbocycles. The van der Waals surface area contributed by atoms with E-state index in [1.807, 2.05) is 18.2 Å². The highest BCUT2D eigenvalue weighted by atomic mass is 32.1. The van der Waals surface area contributed by atoms with Crippen LogP contribution in [0.4, 0.5) is 0 Å². The van der Waals surface area contributed by atoms with E-state index in [-0.39, 0.29) is 6.04 Å². The van der Waals surface area contributed by atoms with Crippen molar-refractivity contribution in [2.75, 3.05) is 0 Å². The molecule has 3 nitrogen and oxygen atoms in total. The minimum absolute atomic E-state index is 0.163. The van der Waals surface area contributed by atoms with E-state index < -0.39 is 0 Å². The highest BCUT2D eigenvalue weighted by molar-refractivity contribution is 7.11. The number of hydrogen-bond donors (Lipinski definition) is 1. The number of nitrogens with two attached hydrogens (primary N) is 1. The van der Waals surface area contributed by atoms with E-state index in [4.69, 9.17) is 5.73 Å². The highest BCUT2D eigenvalue weighted by Gasteiger charge is 2.35. The third-order valence-electron chi connectivity index (χ3n) is 4.69. The topological polar surface area (TPSA) is 51.8 Å². The Labute approximate surface area is 130 Å². The molecule has 3 rings (SSSR count). The van der Waals surface area contributed by atoms with Crippen LogP contribution in [-0.2, 0) is 0 Å². The van der Waals surface area contributed by atoms with Gasteiger partial charge < -0.3 is 5.73 Å². The average molecular weight is 301 g/mol. The fourth-order valence-electron chi connectivity index (χ4n) is 3.27. The van der Waals surface area contributed by atoms with Gasteiger partial charge in [0.15, 0.2) is 0 Å². The Morgan fingerprint density at radius 2 is 1.95 bits per heavy atom. The summed E-state index contributed by atoms with van der Waals surface area (Å²) in [5.41, 5.74) is 7.76. The van der Waals surface area contributed by atoms with E-state index in [0.29, 0.717) is 11.3 Å². The van der Waals surface area contributed by atoms with Gasteiger partial charge in [-0.05, 0) is 23.8 Å². The van der Waals surface area contributed by atoms with Gasteiger partial charge in [0.25, 0.3) is 0 Å². The maximum absolute atomic E-state index is 6.33. The van der Waals surface area contributed by atoms with E-state index in [0.717, 1.165) is 10.6 Å². The molecule has 0 amide bonds. The third-order valence-corrected chi connectivity index (χ3v) is 5.81. The number of aromatic nitrogens is 2. The molecule has 1 fully saturated rings. The molecule has 1 heterocycles. The molecule has 1 aromatic heterocycles. The van der Waals surface area contributed by atoms with Gasteiger partial charge in [0, 0.05) is 5.92 Å². The Morgan fingerprint density at radius 1 is 1.19 bits per heavy atom. The zero-order valence-corrected chi connectivity index (χ0v) is 13.6.